The van der Waals surface area contributed by atoms with Gasteiger partial charge in [0.05, 0.1) is 23.2 Å². The number of anilines is 2. The second kappa shape index (κ2) is 9.48. The molecule has 0 spiro atoms. The van der Waals surface area contributed by atoms with Crippen molar-refractivity contribution in [3.63, 3.8) is 0 Å². The van der Waals surface area contributed by atoms with E-state index in [-0.39, 0.29) is 19.0 Å². The van der Waals surface area contributed by atoms with Gasteiger partial charge >= 0.3 is 0 Å². The highest BCUT2D eigenvalue weighted by molar-refractivity contribution is 7.22. The van der Waals surface area contributed by atoms with E-state index in [9.17, 15) is 8.78 Å². The third-order valence-electron chi connectivity index (χ3n) is 6.17. The van der Waals surface area contributed by atoms with Gasteiger partial charge in [-0.1, -0.05) is 23.7 Å². The van der Waals surface area contributed by atoms with E-state index in [2.05, 4.69) is 20.4 Å². The molecule has 0 aliphatic heterocycles. The van der Waals surface area contributed by atoms with Gasteiger partial charge in [0.1, 0.15) is 41.8 Å². The molecule has 2 aromatic carbocycles. The first kappa shape index (κ1) is 22.9. The molecule has 6 rings (SSSR count). The van der Waals surface area contributed by atoms with Crippen molar-refractivity contribution in [1.29, 1.82) is 0 Å². The Morgan fingerprint density at radius 3 is 2.89 bits per heavy atom. The van der Waals surface area contributed by atoms with Crippen molar-refractivity contribution in [2.75, 3.05) is 12.0 Å². The van der Waals surface area contributed by atoms with Crippen molar-refractivity contribution in [3.8, 4) is 16.2 Å². The second-order valence-electron chi connectivity index (χ2n) is 8.42. The molecule has 1 aliphatic rings. The molecule has 1 N–H and O–H groups in total. The summed E-state index contributed by atoms with van der Waals surface area (Å²) in [6.07, 6.45) is 4.95. The molecule has 0 radical (unpaired) electrons. The zero-order valence-corrected chi connectivity index (χ0v) is 20.5. The lowest BCUT2D eigenvalue weighted by atomic mass is 9.95. The second-order valence-corrected chi connectivity index (χ2v) is 9.82. The first-order chi connectivity index (χ1) is 17.6. The fraction of sp³-hybridized carbons (Fsp3) is 0.192. The summed E-state index contributed by atoms with van der Waals surface area (Å²) in [5.74, 6) is 0.894. The van der Waals surface area contributed by atoms with Crippen molar-refractivity contribution in [3.05, 3.63) is 82.6 Å². The number of rotatable bonds is 7. The Morgan fingerprint density at radius 1 is 1.14 bits per heavy atom. The SMILES string of the molecule is FCCn1ncc2c1CCc1c-2sc2ncnc(Nc3ccc(OCc4cccc(F)c4)c(Cl)c3)c12. The molecule has 0 bridgehead atoms. The van der Waals surface area contributed by atoms with E-state index in [0.29, 0.717) is 16.6 Å². The maximum Gasteiger partial charge on any atom is 0.142 e. The van der Waals surface area contributed by atoms with Gasteiger partial charge in [-0.05, 0) is 54.3 Å². The van der Waals surface area contributed by atoms with Gasteiger partial charge in [0.15, 0.2) is 0 Å². The lowest BCUT2D eigenvalue weighted by molar-refractivity contribution is 0.306. The van der Waals surface area contributed by atoms with Crippen molar-refractivity contribution in [2.45, 2.75) is 26.0 Å². The minimum absolute atomic E-state index is 0.210. The number of hydrogen-bond donors (Lipinski definition) is 1. The standard InChI is InChI=1S/C26H20ClF2N5OS/c27-20-11-17(4-7-22(20)35-13-15-2-1-3-16(29)10-15)33-25-23-18-5-6-21-19(12-32-34(21)9-8-28)24(18)36-26(23)31-14-30-25/h1-4,7,10-12,14H,5-6,8-9,13H2,(H,30,31,33). The van der Waals surface area contributed by atoms with Crippen LogP contribution < -0.4 is 10.1 Å². The van der Waals surface area contributed by atoms with Crippen LogP contribution in [0.2, 0.25) is 5.02 Å². The maximum absolute atomic E-state index is 13.4. The molecule has 0 saturated heterocycles. The summed E-state index contributed by atoms with van der Waals surface area (Å²) >= 11 is 8.08. The number of fused-ring (bicyclic) bond motifs is 5. The topological polar surface area (TPSA) is 64.9 Å². The van der Waals surface area contributed by atoms with Gasteiger partial charge in [-0.15, -0.1) is 11.3 Å². The quantitative estimate of drug-likeness (QED) is 0.256. The highest BCUT2D eigenvalue weighted by atomic mass is 35.5. The summed E-state index contributed by atoms with van der Waals surface area (Å²) in [5.41, 5.74) is 4.76. The molecule has 0 atom stereocenters. The average molecular weight is 524 g/mol. The third-order valence-corrected chi connectivity index (χ3v) is 7.64. The van der Waals surface area contributed by atoms with Crippen molar-refractivity contribution >= 4 is 44.7 Å². The van der Waals surface area contributed by atoms with Crippen LogP contribution in [-0.2, 0) is 26.0 Å². The summed E-state index contributed by atoms with van der Waals surface area (Å²) in [6.45, 7) is 0.0384. The zero-order valence-electron chi connectivity index (χ0n) is 19.0. The van der Waals surface area contributed by atoms with E-state index >= 15 is 0 Å². The van der Waals surface area contributed by atoms with Crippen LogP contribution in [-0.4, -0.2) is 26.4 Å². The van der Waals surface area contributed by atoms with E-state index in [1.165, 1.54) is 24.0 Å². The van der Waals surface area contributed by atoms with Gasteiger partial charge in [0.25, 0.3) is 0 Å². The van der Waals surface area contributed by atoms with Crippen molar-refractivity contribution < 1.29 is 13.5 Å². The lowest BCUT2D eigenvalue weighted by Crippen LogP contribution is -2.10. The predicted octanol–water partition coefficient (Wildman–Crippen LogP) is 6.74. The van der Waals surface area contributed by atoms with Crippen LogP contribution in [0.25, 0.3) is 20.7 Å². The lowest BCUT2D eigenvalue weighted by Gasteiger charge is -2.15. The summed E-state index contributed by atoms with van der Waals surface area (Å²) in [6, 6.07) is 11.7. The van der Waals surface area contributed by atoms with E-state index in [1.807, 2.05) is 12.3 Å². The molecule has 0 amide bonds. The number of benzene rings is 2. The number of alkyl halides is 1. The van der Waals surface area contributed by atoms with Crippen LogP contribution in [0.4, 0.5) is 20.3 Å². The summed E-state index contributed by atoms with van der Waals surface area (Å²) in [5, 5.41) is 9.17. The van der Waals surface area contributed by atoms with Crippen LogP contribution in [0.3, 0.4) is 0 Å². The van der Waals surface area contributed by atoms with E-state index in [4.69, 9.17) is 16.3 Å². The first-order valence-corrected chi connectivity index (χ1v) is 12.6. The largest absolute Gasteiger partial charge is 0.487 e. The number of nitrogens with zero attached hydrogens (tertiary/aromatic N) is 4. The zero-order chi connectivity index (χ0) is 24.6. The Morgan fingerprint density at radius 2 is 2.06 bits per heavy atom. The number of aromatic nitrogens is 4. The summed E-state index contributed by atoms with van der Waals surface area (Å²) < 4.78 is 33.9. The average Bonchev–Trinajstić information content (AvgIpc) is 3.46. The van der Waals surface area contributed by atoms with Crippen LogP contribution >= 0.6 is 22.9 Å². The van der Waals surface area contributed by atoms with Gasteiger partial charge in [-0.25, -0.2) is 18.7 Å². The van der Waals surface area contributed by atoms with E-state index in [1.54, 1.807) is 40.3 Å². The molecule has 0 fully saturated rings. The Bertz CT molecular complexity index is 1580. The Balaban J connectivity index is 1.27. The normalized spacial score (nSPS) is 12.4. The monoisotopic (exact) mass is 523 g/mol. The van der Waals surface area contributed by atoms with Gasteiger partial charge in [0, 0.05) is 21.8 Å². The number of ether oxygens (including phenoxy) is 1. The highest BCUT2D eigenvalue weighted by Crippen LogP contribution is 2.45. The van der Waals surface area contributed by atoms with Crippen molar-refractivity contribution in [1.82, 2.24) is 19.7 Å². The molecule has 0 unspecified atom stereocenters. The Labute approximate surface area is 214 Å². The van der Waals surface area contributed by atoms with Crippen LogP contribution in [0.1, 0.15) is 16.8 Å². The Kier molecular flexibility index (Phi) is 6.02. The number of thiophene rings is 1. The molecule has 6 nitrogen and oxygen atoms in total. The van der Waals surface area contributed by atoms with E-state index in [0.717, 1.165) is 50.4 Å². The first-order valence-electron chi connectivity index (χ1n) is 11.4. The molecular formula is C26H20ClF2N5OS. The van der Waals surface area contributed by atoms with Crippen LogP contribution in [0.5, 0.6) is 5.75 Å². The highest BCUT2D eigenvalue weighted by Gasteiger charge is 2.27. The minimum Gasteiger partial charge on any atom is -0.487 e. The number of aryl methyl sites for hydroxylation is 2. The van der Waals surface area contributed by atoms with Crippen LogP contribution in [0.15, 0.2) is 55.0 Å². The molecule has 0 saturated carbocycles. The molecule has 3 aromatic heterocycles. The fourth-order valence-electron chi connectivity index (χ4n) is 4.54. The van der Waals surface area contributed by atoms with E-state index < -0.39 is 6.67 Å². The molecule has 10 heteroatoms. The predicted molar refractivity (Wildman–Crippen MR) is 137 cm³/mol. The number of halogens is 3. The molecule has 36 heavy (non-hydrogen) atoms. The molecule has 3 heterocycles. The maximum atomic E-state index is 13.4. The summed E-state index contributed by atoms with van der Waals surface area (Å²) in [7, 11) is 0. The number of nitrogens with one attached hydrogen (secondary N) is 1. The third kappa shape index (κ3) is 4.18. The van der Waals surface area contributed by atoms with Gasteiger partial charge in [0.2, 0.25) is 0 Å². The van der Waals surface area contributed by atoms with Crippen molar-refractivity contribution in [2.24, 2.45) is 0 Å². The van der Waals surface area contributed by atoms with Crippen LogP contribution in [0, 0.1) is 5.82 Å². The molecule has 1 aliphatic carbocycles. The van der Waals surface area contributed by atoms with Gasteiger partial charge < -0.3 is 10.1 Å². The molecule has 5 aromatic rings. The smallest absolute Gasteiger partial charge is 0.142 e. The fourth-order valence-corrected chi connectivity index (χ4v) is 6.00. The minimum atomic E-state index is -0.440. The van der Waals surface area contributed by atoms with Gasteiger partial charge in [-0.3, -0.25) is 4.68 Å². The molecular weight excluding hydrogens is 504 g/mol. The molecule has 182 valence electrons. The Hall–Kier alpha value is -3.56. The number of hydrogen-bond acceptors (Lipinski definition) is 6. The van der Waals surface area contributed by atoms with Gasteiger partial charge in [-0.2, -0.15) is 5.10 Å². The summed E-state index contributed by atoms with van der Waals surface area (Å²) in [4.78, 5) is 11.0.